The highest BCUT2D eigenvalue weighted by atomic mass is 79.9. The maximum absolute atomic E-state index is 12.5. The largest absolute Gasteiger partial charge is 0.466 e. The summed E-state index contributed by atoms with van der Waals surface area (Å²) in [5.74, 6) is -0.0728. The number of benzene rings is 2. The lowest BCUT2D eigenvalue weighted by Gasteiger charge is -2.32. The highest BCUT2D eigenvalue weighted by Crippen LogP contribution is 2.55. The highest BCUT2D eigenvalue weighted by molar-refractivity contribution is 9.10. The van der Waals surface area contributed by atoms with Crippen LogP contribution in [0.5, 0.6) is 0 Å². The lowest BCUT2D eigenvalue weighted by molar-refractivity contribution is -0.191. The minimum absolute atomic E-state index is 0.0728. The van der Waals surface area contributed by atoms with Crippen LogP contribution in [-0.2, 0) is 24.5 Å². The van der Waals surface area contributed by atoms with Gasteiger partial charge in [-0.1, -0.05) is 89.9 Å². The van der Waals surface area contributed by atoms with E-state index in [0.29, 0.717) is 13.0 Å². The molecule has 0 heterocycles. The molecule has 2 aromatic rings. The maximum atomic E-state index is 12.5. The number of esters is 1. The van der Waals surface area contributed by atoms with Gasteiger partial charge in [-0.15, -0.1) is 0 Å². The zero-order valence-corrected chi connectivity index (χ0v) is 22.6. The van der Waals surface area contributed by atoms with Gasteiger partial charge in [0.25, 0.3) is 0 Å². The van der Waals surface area contributed by atoms with Crippen molar-refractivity contribution in [2.45, 2.75) is 77.0 Å². The van der Waals surface area contributed by atoms with E-state index in [2.05, 4.69) is 82.1 Å². The second kappa shape index (κ2) is 13.8. The van der Waals surface area contributed by atoms with Gasteiger partial charge in [0.1, 0.15) is 0 Å². The SMILES string of the molecule is CCCCCCC1(CCC(=O)OCCCC)c2cc(Br)ccc2-c2ccc(Br)cc21.O=C=O. The molecule has 0 saturated carbocycles. The van der Waals surface area contributed by atoms with Gasteiger partial charge in [-0.3, -0.25) is 4.79 Å². The highest BCUT2D eigenvalue weighted by Gasteiger charge is 2.43. The van der Waals surface area contributed by atoms with Crippen LogP contribution in [0.3, 0.4) is 0 Å². The number of fused-ring (bicyclic) bond motifs is 3. The molecular formula is C27H32Br2O4. The fraction of sp³-hybridized carbons (Fsp3) is 0.481. The Kier molecular flexibility index (Phi) is 11.5. The molecule has 0 unspecified atom stereocenters. The summed E-state index contributed by atoms with van der Waals surface area (Å²) in [6, 6.07) is 13.2. The number of carbonyl (C=O) groups is 1. The third-order valence-electron chi connectivity index (χ3n) is 6.26. The summed E-state index contributed by atoms with van der Waals surface area (Å²) in [5.41, 5.74) is 5.16. The molecule has 1 aliphatic rings. The summed E-state index contributed by atoms with van der Waals surface area (Å²) in [6.07, 6.45) is 9.39. The number of carbonyl (C=O) groups excluding carboxylic acids is 3. The predicted octanol–water partition coefficient (Wildman–Crippen LogP) is 7.99. The Hall–Kier alpha value is -1.75. The van der Waals surface area contributed by atoms with Gasteiger partial charge in [-0.25, -0.2) is 0 Å². The van der Waals surface area contributed by atoms with Crippen LogP contribution in [0, 0.1) is 0 Å². The minimum Gasteiger partial charge on any atom is -0.466 e. The van der Waals surface area contributed by atoms with Crippen LogP contribution < -0.4 is 0 Å². The average molecular weight is 580 g/mol. The predicted molar refractivity (Wildman–Crippen MR) is 137 cm³/mol. The molecule has 0 aromatic heterocycles. The lowest BCUT2D eigenvalue weighted by atomic mass is 9.71. The van der Waals surface area contributed by atoms with Gasteiger partial charge in [-0.05, 0) is 65.8 Å². The molecule has 0 aliphatic heterocycles. The molecule has 0 radical (unpaired) electrons. The summed E-state index contributed by atoms with van der Waals surface area (Å²) >= 11 is 7.38. The van der Waals surface area contributed by atoms with Crippen molar-refractivity contribution in [3.63, 3.8) is 0 Å². The van der Waals surface area contributed by atoms with Crippen LogP contribution in [0.25, 0.3) is 11.1 Å². The molecule has 4 nitrogen and oxygen atoms in total. The first-order valence-electron chi connectivity index (χ1n) is 11.7. The summed E-state index contributed by atoms with van der Waals surface area (Å²) in [5, 5.41) is 0. The molecular weight excluding hydrogens is 548 g/mol. The van der Waals surface area contributed by atoms with Gasteiger partial charge < -0.3 is 4.74 Å². The van der Waals surface area contributed by atoms with Crippen LogP contribution in [0.1, 0.15) is 82.8 Å². The Labute approximate surface area is 213 Å². The second-order valence-electron chi connectivity index (χ2n) is 8.43. The number of rotatable bonds is 11. The van der Waals surface area contributed by atoms with Crippen molar-refractivity contribution in [3.8, 4) is 11.1 Å². The maximum Gasteiger partial charge on any atom is 0.373 e. The van der Waals surface area contributed by atoms with E-state index in [1.165, 1.54) is 41.5 Å². The van der Waals surface area contributed by atoms with E-state index in [-0.39, 0.29) is 17.5 Å². The second-order valence-corrected chi connectivity index (χ2v) is 10.3. The third kappa shape index (κ3) is 7.11. The smallest absolute Gasteiger partial charge is 0.373 e. The first-order chi connectivity index (χ1) is 15.9. The topological polar surface area (TPSA) is 60.4 Å². The fourth-order valence-electron chi connectivity index (χ4n) is 4.67. The molecule has 0 bridgehead atoms. The Morgan fingerprint density at radius 2 is 1.39 bits per heavy atom. The van der Waals surface area contributed by atoms with Crippen LogP contribution in [0.15, 0.2) is 45.3 Å². The number of hydrogen-bond donors (Lipinski definition) is 0. The fourth-order valence-corrected chi connectivity index (χ4v) is 5.40. The van der Waals surface area contributed by atoms with Gasteiger partial charge in [0.2, 0.25) is 0 Å². The first kappa shape index (κ1) is 27.5. The van der Waals surface area contributed by atoms with Crippen LogP contribution >= 0.6 is 31.9 Å². The number of unbranched alkanes of at least 4 members (excludes halogenated alkanes) is 4. The van der Waals surface area contributed by atoms with Gasteiger partial charge in [0, 0.05) is 20.8 Å². The molecule has 178 valence electrons. The quantitative estimate of drug-likeness (QED) is 0.200. The molecule has 0 atom stereocenters. The van der Waals surface area contributed by atoms with Crippen molar-refractivity contribution in [2.24, 2.45) is 0 Å². The first-order valence-corrected chi connectivity index (χ1v) is 13.3. The van der Waals surface area contributed by atoms with Crippen LogP contribution in [-0.4, -0.2) is 18.7 Å². The van der Waals surface area contributed by atoms with E-state index < -0.39 is 0 Å². The molecule has 33 heavy (non-hydrogen) atoms. The molecule has 1 aliphatic carbocycles. The number of hydrogen-bond acceptors (Lipinski definition) is 4. The standard InChI is InChI=1S/C26H32Br2O2.CO2/c1-3-5-7-8-14-26(15-13-25(29)30-16-6-4-2)23-17-19(27)9-11-21(23)22-12-10-20(28)18-24(22)26;2-1-3/h9-12,17-18H,3-8,13-16H2,1-2H3;. The monoisotopic (exact) mass is 578 g/mol. The van der Waals surface area contributed by atoms with Crippen molar-refractivity contribution in [1.29, 1.82) is 0 Å². The molecule has 0 N–H and O–H groups in total. The summed E-state index contributed by atoms with van der Waals surface area (Å²) in [7, 11) is 0. The third-order valence-corrected chi connectivity index (χ3v) is 7.24. The van der Waals surface area contributed by atoms with Crippen LogP contribution in [0.4, 0.5) is 0 Å². The lowest BCUT2D eigenvalue weighted by Crippen LogP contribution is -2.27. The van der Waals surface area contributed by atoms with E-state index in [4.69, 9.17) is 14.3 Å². The van der Waals surface area contributed by atoms with Gasteiger partial charge in [0.15, 0.2) is 0 Å². The van der Waals surface area contributed by atoms with Crippen LogP contribution in [0.2, 0.25) is 0 Å². The van der Waals surface area contributed by atoms with E-state index in [1.54, 1.807) is 0 Å². The molecule has 0 spiro atoms. The molecule has 6 heteroatoms. The van der Waals surface area contributed by atoms with Crippen molar-refractivity contribution in [2.75, 3.05) is 6.61 Å². The van der Waals surface area contributed by atoms with E-state index >= 15 is 0 Å². The minimum atomic E-state index is -0.143. The van der Waals surface area contributed by atoms with E-state index in [0.717, 1.165) is 41.0 Å². The zero-order chi connectivity index (χ0) is 24.3. The van der Waals surface area contributed by atoms with E-state index in [1.807, 2.05) is 0 Å². The van der Waals surface area contributed by atoms with E-state index in [9.17, 15) is 4.79 Å². The van der Waals surface area contributed by atoms with Crippen molar-refractivity contribution in [1.82, 2.24) is 0 Å². The Bertz CT molecular complexity index is 913. The molecule has 0 fully saturated rings. The average Bonchev–Trinajstić information content (AvgIpc) is 3.05. The Morgan fingerprint density at radius 3 is 1.91 bits per heavy atom. The van der Waals surface area contributed by atoms with Gasteiger partial charge in [0.05, 0.1) is 6.61 Å². The Morgan fingerprint density at radius 1 is 0.848 bits per heavy atom. The number of halogens is 2. The van der Waals surface area contributed by atoms with Crippen molar-refractivity contribution < 1.29 is 19.1 Å². The van der Waals surface area contributed by atoms with Gasteiger partial charge in [-0.2, -0.15) is 9.59 Å². The Balaban J connectivity index is 0.00000122. The summed E-state index contributed by atoms with van der Waals surface area (Å²) < 4.78 is 7.68. The summed E-state index contributed by atoms with van der Waals surface area (Å²) in [6.45, 7) is 4.89. The summed E-state index contributed by atoms with van der Waals surface area (Å²) in [4.78, 5) is 28.8. The van der Waals surface area contributed by atoms with Crippen molar-refractivity contribution >= 4 is 44.0 Å². The van der Waals surface area contributed by atoms with Crippen molar-refractivity contribution in [3.05, 3.63) is 56.5 Å². The normalized spacial score (nSPS) is 12.7. The molecule has 2 aromatic carbocycles. The molecule has 0 amide bonds. The zero-order valence-electron chi connectivity index (χ0n) is 19.4. The molecule has 0 saturated heterocycles. The number of ether oxygens (including phenoxy) is 1. The molecule has 3 rings (SSSR count). The van der Waals surface area contributed by atoms with Gasteiger partial charge >= 0.3 is 12.1 Å².